The average molecular weight is 415 g/mol. The standard InChI is InChI=1S/C22H26N2O4S/c25-22(23-18-11-5-2-6-12-18)21-15-24(19-13-7-8-14-20(19)28-21)29(26,27)16-17-9-3-1-4-10-17/h1,3-4,7-10,13-14,18,21H,2,5-6,11-12,15-16H2,(H,23,25). The summed E-state index contributed by atoms with van der Waals surface area (Å²) in [6, 6.07) is 16.2. The first-order chi connectivity index (χ1) is 14.0. The molecule has 2 aromatic carbocycles. The molecule has 2 aliphatic rings. The fraction of sp³-hybridized carbons (Fsp3) is 0.409. The molecule has 1 atom stereocenters. The van der Waals surface area contributed by atoms with Crippen molar-refractivity contribution in [2.75, 3.05) is 10.8 Å². The summed E-state index contributed by atoms with van der Waals surface area (Å²) in [5.41, 5.74) is 1.19. The van der Waals surface area contributed by atoms with Crippen molar-refractivity contribution < 1.29 is 17.9 Å². The van der Waals surface area contributed by atoms with Crippen molar-refractivity contribution >= 4 is 21.6 Å². The molecule has 1 fully saturated rings. The number of carbonyl (C=O) groups excluding carboxylic acids is 1. The minimum absolute atomic E-state index is 0.0231. The molecule has 1 unspecified atom stereocenters. The van der Waals surface area contributed by atoms with Gasteiger partial charge in [0.1, 0.15) is 5.75 Å². The second-order valence-electron chi connectivity index (χ2n) is 7.69. The summed E-state index contributed by atoms with van der Waals surface area (Å²) < 4.78 is 33.6. The molecule has 29 heavy (non-hydrogen) atoms. The van der Waals surface area contributed by atoms with E-state index in [1.165, 1.54) is 10.7 Å². The number of nitrogens with one attached hydrogen (secondary N) is 1. The maximum atomic E-state index is 13.2. The highest BCUT2D eigenvalue weighted by molar-refractivity contribution is 7.92. The van der Waals surface area contributed by atoms with E-state index < -0.39 is 16.1 Å². The number of carbonyl (C=O) groups is 1. The molecule has 2 aromatic rings. The molecule has 4 rings (SSSR count). The molecular weight excluding hydrogens is 388 g/mol. The summed E-state index contributed by atoms with van der Waals surface area (Å²) in [4.78, 5) is 12.8. The van der Waals surface area contributed by atoms with Gasteiger partial charge in [0.05, 0.1) is 18.0 Å². The largest absolute Gasteiger partial charge is 0.476 e. The molecule has 1 N–H and O–H groups in total. The second kappa shape index (κ2) is 8.45. The zero-order chi connectivity index (χ0) is 20.3. The maximum Gasteiger partial charge on any atom is 0.263 e. The van der Waals surface area contributed by atoms with Gasteiger partial charge in [0.2, 0.25) is 10.0 Å². The third kappa shape index (κ3) is 4.56. The molecule has 0 bridgehead atoms. The van der Waals surface area contributed by atoms with Crippen LogP contribution in [0.25, 0.3) is 0 Å². The van der Waals surface area contributed by atoms with Gasteiger partial charge in [-0.2, -0.15) is 0 Å². The van der Waals surface area contributed by atoms with E-state index in [-0.39, 0.29) is 24.2 Å². The van der Waals surface area contributed by atoms with Crippen LogP contribution in [0.5, 0.6) is 5.75 Å². The van der Waals surface area contributed by atoms with Gasteiger partial charge in [-0.25, -0.2) is 8.42 Å². The Balaban J connectivity index is 1.56. The van der Waals surface area contributed by atoms with Gasteiger partial charge in [-0.1, -0.05) is 61.7 Å². The van der Waals surface area contributed by atoms with Gasteiger partial charge in [0.15, 0.2) is 6.10 Å². The van der Waals surface area contributed by atoms with Crippen LogP contribution in [0.3, 0.4) is 0 Å². The Hall–Kier alpha value is -2.54. The fourth-order valence-corrected chi connectivity index (χ4v) is 5.59. The molecule has 1 heterocycles. The summed E-state index contributed by atoms with van der Waals surface area (Å²) >= 11 is 0. The Morgan fingerprint density at radius 2 is 1.69 bits per heavy atom. The molecule has 6 nitrogen and oxygen atoms in total. The number of anilines is 1. The van der Waals surface area contributed by atoms with Gasteiger partial charge in [0, 0.05) is 6.04 Å². The molecular formula is C22H26N2O4S. The number of nitrogens with zero attached hydrogens (tertiary/aromatic N) is 1. The van der Waals surface area contributed by atoms with E-state index in [1.54, 1.807) is 36.4 Å². The molecule has 0 spiro atoms. The summed E-state index contributed by atoms with van der Waals surface area (Å²) in [5.74, 6) is 0.0459. The van der Waals surface area contributed by atoms with Crippen molar-refractivity contribution in [3.05, 3.63) is 60.2 Å². The third-order valence-corrected chi connectivity index (χ3v) is 7.22. The number of benzene rings is 2. The lowest BCUT2D eigenvalue weighted by Gasteiger charge is -2.35. The first-order valence-corrected chi connectivity index (χ1v) is 11.7. The van der Waals surface area contributed by atoms with Gasteiger partial charge < -0.3 is 10.1 Å². The van der Waals surface area contributed by atoms with Crippen LogP contribution in [-0.4, -0.2) is 33.0 Å². The first-order valence-electron chi connectivity index (χ1n) is 10.1. The number of rotatable bonds is 5. The van der Waals surface area contributed by atoms with Crippen LogP contribution in [0.15, 0.2) is 54.6 Å². The molecule has 7 heteroatoms. The predicted octanol–water partition coefficient (Wildman–Crippen LogP) is 3.23. The van der Waals surface area contributed by atoms with Crippen molar-refractivity contribution in [3.63, 3.8) is 0 Å². The van der Waals surface area contributed by atoms with Gasteiger partial charge in [-0.05, 0) is 30.5 Å². The van der Waals surface area contributed by atoms with E-state index in [0.29, 0.717) is 17.0 Å². The number of sulfonamides is 1. The number of ether oxygens (including phenoxy) is 1. The number of para-hydroxylation sites is 2. The first kappa shape index (κ1) is 19.8. The molecule has 1 aliphatic heterocycles. The highest BCUT2D eigenvalue weighted by Gasteiger charge is 2.37. The smallest absolute Gasteiger partial charge is 0.263 e. The molecule has 0 radical (unpaired) electrons. The van der Waals surface area contributed by atoms with Crippen molar-refractivity contribution in [3.8, 4) is 5.75 Å². The van der Waals surface area contributed by atoms with E-state index in [2.05, 4.69) is 5.32 Å². The molecule has 1 aliphatic carbocycles. The Labute approximate surface area is 171 Å². The monoisotopic (exact) mass is 414 g/mol. The normalized spacial score (nSPS) is 19.9. The van der Waals surface area contributed by atoms with E-state index in [4.69, 9.17) is 4.74 Å². The minimum Gasteiger partial charge on any atom is -0.476 e. The van der Waals surface area contributed by atoms with Gasteiger partial charge in [0.25, 0.3) is 5.91 Å². The third-order valence-electron chi connectivity index (χ3n) is 5.51. The summed E-state index contributed by atoms with van der Waals surface area (Å²) in [5, 5.41) is 3.06. The lowest BCUT2D eigenvalue weighted by atomic mass is 9.95. The lowest BCUT2D eigenvalue weighted by Crippen LogP contribution is -2.52. The van der Waals surface area contributed by atoms with Crippen molar-refractivity contribution in [2.24, 2.45) is 0 Å². The summed E-state index contributed by atoms with van der Waals surface area (Å²) in [6.07, 6.45) is 4.48. The van der Waals surface area contributed by atoms with Crippen molar-refractivity contribution in [1.82, 2.24) is 5.32 Å². The zero-order valence-electron chi connectivity index (χ0n) is 16.3. The molecule has 0 saturated heterocycles. The Morgan fingerprint density at radius 3 is 2.45 bits per heavy atom. The second-order valence-corrected chi connectivity index (χ2v) is 9.58. The average Bonchev–Trinajstić information content (AvgIpc) is 2.74. The Bertz CT molecular complexity index is 956. The SMILES string of the molecule is O=C(NC1CCCCC1)C1CN(S(=O)(=O)Cc2ccccc2)c2ccccc2O1. The zero-order valence-corrected chi connectivity index (χ0v) is 17.1. The van der Waals surface area contributed by atoms with Crippen LogP contribution < -0.4 is 14.4 Å². The van der Waals surface area contributed by atoms with Gasteiger partial charge in [-0.3, -0.25) is 9.10 Å². The number of amides is 1. The predicted molar refractivity (Wildman–Crippen MR) is 112 cm³/mol. The summed E-state index contributed by atoms with van der Waals surface area (Å²) in [7, 11) is -3.68. The van der Waals surface area contributed by atoms with Crippen molar-refractivity contribution in [2.45, 2.75) is 50.0 Å². The molecule has 1 amide bonds. The van der Waals surface area contributed by atoms with Gasteiger partial charge >= 0.3 is 0 Å². The van der Waals surface area contributed by atoms with Gasteiger partial charge in [-0.15, -0.1) is 0 Å². The van der Waals surface area contributed by atoms with Crippen LogP contribution in [0.4, 0.5) is 5.69 Å². The maximum absolute atomic E-state index is 13.2. The fourth-order valence-electron chi connectivity index (χ4n) is 4.01. The number of hydrogen-bond acceptors (Lipinski definition) is 4. The highest BCUT2D eigenvalue weighted by Crippen LogP contribution is 2.36. The van der Waals surface area contributed by atoms with Crippen LogP contribution in [0.2, 0.25) is 0 Å². The van der Waals surface area contributed by atoms with Crippen LogP contribution in [-0.2, 0) is 20.6 Å². The van der Waals surface area contributed by atoms with E-state index >= 15 is 0 Å². The van der Waals surface area contributed by atoms with E-state index in [0.717, 1.165) is 25.7 Å². The summed E-state index contributed by atoms with van der Waals surface area (Å²) in [6.45, 7) is -0.0231. The quantitative estimate of drug-likeness (QED) is 0.815. The van der Waals surface area contributed by atoms with Crippen LogP contribution in [0.1, 0.15) is 37.7 Å². The lowest BCUT2D eigenvalue weighted by molar-refractivity contribution is -0.128. The van der Waals surface area contributed by atoms with Crippen LogP contribution in [0, 0.1) is 0 Å². The molecule has 0 aromatic heterocycles. The molecule has 154 valence electrons. The topological polar surface area (TPSA) is 75.7 Å². The Kier molecular flexibility index (Phi) is 5.76. The highest BCUT2D eigenvalue weighted by atomic mass is 32.2. The minimum atomic E-state index is -3.68. The van der Waals surface area contributed by atoms with E-state index in [9.17, 15) is 13.2 Å². The van der Waals surface area contributed by atoms with Crippen LogP contribution >= 0.6 is 0 Å². The van der Waals surface area contributed by atoms with Crippen molar-refractivity contribution in [1.29, 1.82) is 0 Å². The number of fused-ring (bicyclic) bond motifs is 1. The Morgan fingerprint density at radius 1 is 1.00 bits per heavy atom. The van der Waals surface area contributed by atoms with E-state index in [1.807, 2.05) is 18.2 Å². The number of hydrogen-bond donors (Lipinski definition) is 1. The molecule has 1 saturated carbocycles.